The molecule has 32 heavy (non-hydrogen) atoms. The van der Waals surface area contributed by atoms with E-state index in [4.69, 9.17) is 21.1 Å². The fourth-order valence-corrected chi connectivity index (χ4v) is 3.44. The number of hydrogen-bond acceptors (Lipinski definition) is 4. The molecule has 0 fully saturated rings. The summed E-state index contributed by atoms with van der Waals surface area (Å²) in [5, 5.41) is 3.56. The molecule has 2 rings (SSSR count). The number of nitrogens with zero attached hydrogens (tertiary/aromatic N) is 1. The fraction of sp³-hybridized carbons (Fsp3) is 0.440. The van der Waals surface area contributed by atoms with Crippen LogP contribution in [0.2, 0.25) is 5.02 Å². The molecule has 0 unspecified atom stereocenters. The Morgan fingerprint density at radius 3 is 2.22 bits per heavy atom. The molecule has 0 heterocycles. The molecule has 174 valence electrons. The lowest BCUT2D eigenvalue weighted by Crippen LogP contribution is -2.50. The third-order valence-electron chi connectivity index (χ3n) is 4.95. The third kappa shape index (κ3) is 8.08. The van der Waals surface area contributed by atoms with Crippen LogP contribution in [-0.2, 0) is 16.1 Å². The number of rotatable bonds is 12. The summed E-state index contributed by atoms with van der Waals surface area (Å²) in [5.74, 6) is 1.26. The minimum Gasteiger partial charge on any atom is -0.497 e. The summed E-state index contributed by atoms with van der Waals surface area (Å²) in [4.78, 5) is 27.6. The number of amides is 2. The first-order valence-electron chi connectivity index (χ1n) is 10.9. The van der Waals surface area contributed by atoms with Gasteiger partial charge in [0.1, 0.15) is 17.5 Å². The smallest absolute Gasteiger partial charge is 0.243 e. The van der Waals surface area contributed by atoms with Crippen molar-refractivity contribution in [1.82, 2.24) is 10.2 Å². The first-order valence-corrected chi connectivity index (χ1v) is 11.3. The van der Waals surface area contributed by atoms with E-state index in [2.05, 4.69) is 5.32 Å². The molecule has 0 aliphatic heterocycles. The van der Waals surface area contributed by atoms with Crippen molar-refractivity contribution in [1.29, 1.82) is 0 Å². The molecule has 0 aliphatic rings. The molecule has 1 N–H and O–H groups in total. The Bertz CT molecular complexity index is 853. The van der Waals surface area contributed by atoms with Gasteiger partial charge in [0, 0.05) is 24.0 Å². The van der Waals surface area contributed by atoms with Gasteiger partial charge in [0.2, 0.25) is 11.8 Å². The number of nitrogens with one attached hydrogen (secondary N) is 1. The maximum Gasteiger partial charge on any atom is 0.243 e. The van der Waals surface area contributed by atoms with Crippen molar-refractivity contribution in [3.05, 3.63) is 59.1 Å². The van der Waals surface area contributed by atoms with Gasteiger partial charge in [-0.25, -0.2) is 0 Å². The second-order valence-corrected chi connectivity index (χ2v) is 8.30. The Morgan fingerprint density at radius 1 is 1.03 bits per heavy atom. The topological polar surface area (TPSA) is 67.9 Å². The molecule has 2 aromatic rings. The fourth-order valence-electron chi connectivity index (χ4n) is 3.32. The van der Waals surface area contributed by atoms with Crippen molar-refractivity contribution in [2.75, 3.05) is 13.7 Å². The summed E-state index contributed by atoms with van der Waals surface area (Å²) in [6, 6.07) is 14.1. The molecule has 0 radical (unpaired) electrons. The number of benzene rings is 2. The average Bonchev–Trinajstić information content (AvgIpc) is 2.77. The predicted octanol–water partition coefficient (Wildman–Crippen LogP) is 4.84. The molecular formula is C25H33ClN2O4. The SMILES string of the molecule is CC[C@H](C(=O)NC(C)C)N(Cc1ccc(Cl)cc1)C(=O)CCCOc1ccc(OC)cc1. The van der Waals surface area contributed by atoms with Crippen molar-refractivity contribution in [2.45, 2.75) is 58.7 Å². The van der Waals surface area contributed by atoms with Crippen LogP contribution in [0.3, 0.4) is 0 Å². The molecule has 0 saturated carbocycles. The number of carbonyl (C=O) groups excluding carboxylic acids is 2. The van der Waals surface area contributed by atoms with Crippen LogP contribution in [0.25, 0.3) is 0 Å². The van der Waals surface area contributed by atoms with Gasteiger partial charge in [-0.05, 0) is 68.7 Å². The van der Waals surface area contributed by atoms with Crippen LogP contribution in [0.4, 0.5) is 0 Å². The monoisotopic (exact) mass is 460 g/mol. The molecule has 0 aromatic heterocycles. The highest BCUT2D eigenvalue weighted by Gasteiger charge is 2.28. The van der Waals surface area contributed by atoms with Gasteiger partial charge in [-0.2, -0.15) is 0 Å². The van der Waals surface area contributed by atoms with Gasteiger partial charge >= 0.3 is 0 Å². The van der Waals surface area contributed by atoms with Crippen LogP contribution in [0.15, 0.2) is 48.5 Å². The van der Waals surface area contributed by atoms with E-state index in [0.717, 1.165) is 17.1 Å². The summed E-state index contributed by atoms with van der Waals surface area (Å²) in [5.41, 5.74) is 0.924. The van der Waals surface area contributed by atoms with Crippen molar-refractivity contribution < 1.29 is 19.1 Å². The Kier molecular flexibility index (Phi) is 10.3. The van der Waals surface area contributed by atoms with Crippen LogP contribution >= 0.6 is 11.6 Å². The van der Waals surface area contributed by atoms with Crippen LogP contribution in [0.1, 0.15) is 45.6 Å². The maximum absolute atomic E-state index is 13.1. The van der Waals surface area contributed by atoms with E-state index in [9.17, 15) is 9.59 Å². The van der Waals surface area contributed by atoms with Gasteiger partial charge in [0.15, 0.2) is 0 Å². The highest BCUT2D eigenvalue weighted by Crippen LogP contribution is 2.19. The van der Waals surface area contributed by atoms with Crippen molar-refractivity contribution in [3.63, 3.8) is 0 Å². The Balaban J connectivity index is 2.02. The van der Waals surface area contributed by atoms with Gasteiger partial charge in [-0.15, -0.1) is 0 Å². The average molecular weight is 461 g/mol. The summed E-state index contributed by atoms with van der Waals surface area (Å²) < 4.78 is 10.9. The molecule has 2 aromatic carbocycles. The predicted molar refractivity (Wildman–Crippen MR) is 127 cm³/mol. The zero-order valence-corrected chi connectivity index (χ0v) is 20.0. The molecular weight excluding hydrogens is 428 g/mol. The lowest BCUT2D eigenvalue weighted by molar-refractivity contribution is -0.141. The highest BCUT2D eigenvalue weighted by molar-refractivity contribution is 6.30. The van der Waals surface area contributed by atoms with E-state index < -0.39 is 6.04 Å². The molecule has 0 aliphatic carbocycles. The molecule has 0 saturated heterocycles. The van der Waals surface area contributed by atoms with Crippen LogP contribution in [0, 0.1) is 0 Å². The maximum atomic E-state index is 13.1. The normalized spacial score (nSPS) is 11.7. The number of ether oxygens (including phenoxy) is 2. The minimum absolute atomic E-state index is 0.00179. The molecule has 0 spiro atoms. The quantitative estimate of drug-likeness (QED) is 0.460. The second kappa shape index (κ2) is 13.0. The standard InChI is InChI=1S/C25H33ClN2O4/c1-5-23(25(30)27-18(2)3)28(17-19-8-10-20(26)11-9-19)24(29)7-6-16-32-22-14-12-21(31-4)13-15-22/h8-15,18,23H,5-7,16-17H2,1-4H3,(H,27,30)/t23-/m1/s1. The third-order valence-corrected chi connectivity index (χ3v) is 5.20. The van der Waals surface area contributed by atoms with Crippen LogP contribution in [-0.4, -0.2) is 42.5 Å². The van der Waals surface area contributed by atoms with Gasteiger partial charge < -0.3 is 19.7 Å². The number of hydrogen-bond donors (Lipinski definition) is 1. The Morgan fingerprint density at radius 2 is 1.66 bits per heavy atom. The number of methoxy groups -OCH3 is 1. The van der Waals surface area contributed by atoms with Crippen LogP contribution in [0.5, 0.6) is 11.5 Å². The number of halogens is 1. The summed E-state index contributed by atoms with van der Waals surface area (Å²) >= 11 is 5.99. The van der Waals surface area contributed by atoms with E-state index >= 15 is 0 Å². The van der Waals surface area contributed by atoms with Crippen molar-refractivity contribution in [3.8, 4) is 11.5 Å². The lowest BCUT2D eigenvalue weighted by atomic mass is 10.1. The first kappa shape index (κ1) is 25.5. The van der Waals surface area contributed by atoms with Gasteiger partial charge in [-0.1, -0.05) is 30.7 Å². The van der Waals surface area contributed by atoms with Gasteiger partial charge in [0.05, 0.1) is 13.7 Å². The first-order chi connectivity index (χ1) is 15.3. The Hall–Kier alpha value is -2.73. The molecule has 6 nitrogen and oxygen atoms in total. The molecule has 1 atom stereocenters. The highest BCUT2D eigenvalue weighted by atomic mass is 35.5. The Labute approximate surface area is 195 Å². The van der Waals surface area contributed by atoms with Gasteiger partial charge in [0.25, 0.3) is 0 Å². The largest absolute Gasteiger partial charge is 0.497 e. The molecule has 2 amide bonds. The van der Waals surface area contributed by atoms with Crippen LogP contribution < -0.4 is 14.8 Å². The summed E-state index contributed by atoms with van der Waals surface area (Å²) in [6.45, 7) is 6.49. The molecule has 7 heteroatoms. The van der Waals surface area contributed by atoms with E-state index in [1.807, 2.05) is 57.2 Å². The van der Waals surface area contributed by atoms with E-state index in [1.54, 1.807) is 24.1 Å². The minimum atomic E-state index is -0.539. The van der Waals surface area contributed by atoms with E-state index in [0.29, 0.717) is 31.0 Å². The van der Waals surface area contributed by atoms with Gasteiger partial charge in [-0.3, -0.25) is 9.59 Å². The zero-order chi connectivity index (χ0) is 23.5. The van der Waals surface area contributed by atoms with E-state index in [-0.39, 0.29) is 24.3 Å². The van der Waals surface area contributed by atoms with Crippen molar-refractivity contribution in [2.24, 2.45) is 0 Å². The lowest BCUT2D eigenvalue weighted by Gasteiger charge is -2.31. The number of carbonyl (C=O) groups is 2. The molecule has 0 bridgehead atoms. The second-order valence-electron chi connectivity index (χ2n) is 7.86. The summed E-state index contributed by atoms with van der Waals surface area (Å²) in [6.07, 6.45) is 1.36. The summed E-state index contributed by atoms with van der Waals surface area (Å²) in [7, 11) is 1.61. The zero-order valence-electron chi connectivity index (χ0n) is 19.3. The van der Waals surface area contributed by atoms with Crippen molar-refractivity contribution >= 4 is 23.4 Å². The van der Waals surface area contributed by atoms with E-state index in [1.165, 1.54) is 0 Å².